The summed E-state index contributed by atoms with van der Waals surface area (Å²) in [7, 11) is 0. The van der Waals surface area contributed by atoms with E-state index in [2.05, 4.69) is 21.2 Å². The zero-order valence-electron chi connectivity index (χ0n) is 21.0. The monoisotopic (exact) mass is 635 g/mol. The van der Waals surface area contributed by atoms with Gasteiger partial charge in [0.25, 0.3) is 0 Å². The van der Waals surface area contributed by atoms with Gasteiger partial charge in [0.1, 0.15) is 17.5 Å². The number of aromatic hydroxyl groups is 1. The number of phenolic OH excluding ortho intramolecular Hbond substituents is 1. The maximum absolute atomic E-state index is 13.9. The van der Waals surface area contributed by atoms with Crippen LogP contribution in [-0.4, -0.2) is 32.6 Å². The van der Waals surface area contributed by atoms with Gasteiger partial charge in [0.15, 0.2) is 0 Å². The summed E-state index contributed by atoms with van der Waals surface area (Å²) < 4.78 is 2.25. The van der Waals surface area contributed by atoms with Gasteiger partial charge in [-0.1, -0.05) is 68.9 Å². The molecule has 3 heterocycles. The molecule has 3 amide bonds. The molecule has 0 unspecified atom stereocenters. The van der Waals surface area contributed by atoms with Gasteiger partial charge in [-0.25, -0.2) is 4.90 Å². The number of imide groups is 1. The van der Waals surface area contributed by atoms with E-state index in [0.29, 0.717) is 21.3 Å². The number of fused-ring (bicyclic) bond motifs is 2. The minimum atomic E-state index is -0.754. The molecule has 3 atom stereocenters. The lowest BCUT2D eigenvalue weighted by molar-refractivity contribution is -0.122. The number of aryl methyl sites for hydroxylation is 1. The molecule has 202 valence electrons. The average molecular weight is 637 g/mol. The molecule has 11 heteroatoms. The summed E-state index contributed by atoms with van der Waals surface area (Å²) in [5.74, 6) is -2.23. The molecule has 0 saturated carbocycles. The van der Waals surface area contributed by atoms with Gasteiger partial charge >= 0.3 is 4.87 Å². The first kappa shape index (κ1) is 26.5. The van der Waals surface area contributed by atoms with Crippen LogP contribution in [0.25, 0.3) is 0 Å². The van der Waals surface area contributed by atoms with E-state index in [-0.39, 0.29) is 29.0 Å². The maximum Gasteiger partial charge on any atom is 0.308 e. The van der Waals surface area contributed by atoms with E-state index in [1.165, 1.54) is 33.4 Å². The molecule has 1 saturated heterocycles. The number of carbonyl (C=O) groups is 3. The molecule has 3 aromatic carbocycles. The van der Waals surface area contributed by atoms with Crippen LogP contribution in [0.15, 0.2) is 87.1 Å². The number of aromatic nitrogens is 1. The Bertz CT molecular complexity index is 1700. The van der Waals surface area contributed by atoms with Crippen LogP contribution in [0.2, 0.25) is 0 Å². The largest absolute Gasteiger partial charge is 0.508 e. The van der Waals surface area contributed by atoms with Crippen LogP contribution in [0.4, 0.5) is 11.4 Å². The average Bonchev–Trinajstić information content (AvgIpc) is 3.37. The van der Waals surface area contributed by atoms with Gasteiger partial charge in [-0.15, -0.1) is 0 Å². The molecular formula is C29H22BrN3O5S2. The number of carbonyl (C=O) groups excluding carboxylic acids is 3. The van der Waals surface area contributed by atoms with Gasteiger partial charge in [0.05, 0.1) is 16.6 Å². The topological polar surface area (TPSA) is 109 Å². The molecule has 6 rings (SSSR count). The van der Waals surface area contributed by atoms with E-state index in [4.69, 9.17) is 0 Å². The van der Waals surface area contributed by atoms with Crippen LogP contribution in [0.5, 0.6) is 5.75 Å². The van der Waals surface area contributed by atoms with Crippen molar-refractivity contribution in [2.45, 2.75) is 29.7 Å². The highest BCUT2D eigenvalue weighted by molar-refractivity contribution is 9.10. The summed E-state index contributed by atoms with van der Waals surface area (Å²) in [6, 6.07) is 20.8. The number of anilines is 2. The molecule has 0 aliphatic carbocycles. The van der Waals surface area contributed by atoms with Crippen molar-refractivity contribution < 1.29 is 19.5 Å². The SMILES string of the molecule is Cc1ccc(N2C(=O)[C@H]3[C@H](c4ccc(Br)cc4)c4sc(=O)n(CC(=O)Nc5ccc(O)cc5)c4S[C@H]3C2=O)cc1. The van der Waals surface area contributed by atoms with Gasteiger partial charge in [-0.3, -0.25) is 23.7 Å². The lowest BCUT2D eigenvalue weighted by Gasteiger charge is -2.30. The Balaban J connectivity index is 1.40. The fourth-order valence-electron chi connectivity index (χ4n) is 5.12. The number of hydrogen-bond donors (Lipinski definition) is 2. The van der Waals surface area contributed by atoms with Crippen molar-refractivity contribution in [3.05, 3.63) is 103 Å². The number of halogens is 1. The normalized spacial score (nSPS) is 19.9. The Kier molecular flexibility index (Phi) is 6.89. The fourth-order valence-corrected chi connectivity index (χ4v) is 8.16. The molecule has 0 bridgehead atoms. The molecule has 8 nitrogen and oxygen atoms in total. The van der Waals surface area contributed by atoms with Gasteiger partial charge in [-0.05, 0) is 61.0 Å². The summed E-state index contributed by atoms with van der Waals surface area (Å²) in [6.07, 6.45) is 0. The van der Waals surface area contributed by atoms with Crippen LogP contribution in [0, 0.1) is 12.8 Å². The zero-order valence-corrected chi connectivity index (χ0v) is 24.3. The minimum absolute atomic E-state index is 0.0709. The second-order valence-electron chi connectivity index (χ2n) is 9.66. The Morgan fingerprint density at radius 1 is 0.950 bits per heavy atom. The second-order valence-corrected chi connectivity index (χ2v) is 12.7. The second kappa shape index (κ2) is 10.4. The molecule has 2 N–H and O–H groups in total. The van der Waals surface area contributed by atoms with Crippen LogP contribution in [-0.2, 0) is 20.9 Å². The van der Waals surface area contributed by atoms with Gasteiger partial charge in [-0.2, -0.15) is 0 Å². The van der Waals surface area contributed by atoms with Crippen molar-refractivity contribution in [1.82, 2.24) is 4.57 Å². The van der Waals surface area contributed by atoms with Crippen molar-refractivity contribution >= 4 is 68.1 Å². The van der Waals surface area contributed by atoms with Crippen molar-refractivity contribution in [2.24, 2.45) is 5.92 Å². The van der Waals surface area contributed by atoms with Crippen molar-refractivity contribution in [1.29, 1.82) is 0 Å². The molecule has 0 spiro atoms. The first-order valence-electron chi connectivity index (χ1n) is 12.4. The number of benzene rings is 3. The van der Waals surface area contributed by atoms with E-state index >= 15 is 0 Å². The van der Waals surface area contributed by atoms with E-state index in [1.807, 2.05) is 43.3 Å². The molecule has 1 aromatic heterocycles. The standard InChI is InChI=1S/C29H22BrN3O5S2/c1-15-2-10-19(11-3-15)33-26(36)23-22(16-4-6-17(30)7-5-16)25-28(39-24(23)27(33)37)32(29(38)40-25)14-21(35)31-18-8-12-20(34)13-9-18/h2-13,22-24,34H,14H2,1H3,(H,31,35)/t22-,23-,24+/m0/s1. The number of hydrogen-bond acceptors (Lipinski definition) is 7. The molecule has 2 aliphatic heterocycles. The minimum Gasteiger partial charge on any atom is -0.508 e. The lowest BCUT2D eigenvalue weighted by Crippen LogP contribution is -2.33. The van der Waals surface area contributed by atoms with Crippen LogP contribution < -0.4 is 15.1 Å². The number of nitrogens with one attached hydrogen (secondary N) is 1. The van der Waals surface area contributed by atoms with E-state index in [0.717, 1.165) is 26.9 Å². The maximum atomic E-state index is 13.9. The summed E-state index contributed by atoms with van der Waals surface area (Å²) in [5, 5.41) is 12.0. The van der Waals surface area contributed by atoms with Crippen LogP contribution in [0.1, 0.15) is 21.9 Å². The first-order chi connectivity index (χ1) is 19.2. The van der Waals surface area contributed by atoms with Gasteiger partial charge in [0, 0.05) is 21.0 Å². The third-order valence-electron chi connectivity index (χ3n) is 7.02. The van der Waals surface area contributed by atoms with Crippen molar-refractivity contribution in [3.63, 3.8) is 0 Å². The van der Waals surface area contributed by atoms with Crippen LogP contribution in [0.3, 0.4) is 0 Å². The summed E-state index contributed by atoms with van der Waals surface area (Å²) >= 11 is 5.64. The molecule has 1 fully saturated rings. The highest BCUT2D eigenvalue weighted by Gasteiger charge is 2.56. The van der Waals surface area contributed by atoms with Crippen LogP contribution >= 0.6 is 39.0 Å². The predicted molar refractivity (Wildman–Crippen MR) is 158 cm³/mol. The number of nitrogens with zero attached hydrogens (tertiary/aromatic N) is 2. The van der Waals surface area contributed by atoms with E-state index in [1.54, 1.807) is 24.3 Å². The van der Waals surface area contributed by atoms with Gasteiger partial charge < -0.3 is 10.4 Å². The van der Waals surface area contributed by atoms with E-state index in [9.17, 15) is 24.3 Å². The molecule has 40 heavy (non-hydrogen) atoms. The Morgan fingerprint density at radius 2 is 1.62 bits per heavy atom. The Morgan fingerprint density at radius 3 is 2.30 bits per heavy atom. The smallest absolute Gasteiger partial charge is 0.308 e. The third-order valence-corrected chi connectivity index (χ3v) is 10.2. The number of rotatable bonds is 5. The number of phenols is 1. The zero-order chi connectivity index (χ0) is 28.1. The van der Waals surface area contributed by atoms with Crippen molar-refractivity contribution in [2.75, 3.05) is 10.2 Å². The predicted octanol–water partition coefficient (Wildman–Crippen LogP) is 5.12. The van der Waals surface area contributed by atoms with Gasteiger partial charge in [0.2, 0.25) is 17.7 Å². The highest BCUT2D eigenvalue weighted by atomic mass is 79.9. The lowest BCUT2D eigenvalue weighted by atomic mass is 9.83. The Labute approximate surface area is 245 Å². The molecule has 2 aliphatic rings. The third kappa shape index (κ3) is 4.67. The first-order valence-corrected chi connectivity index (χ1v) is 14.9. The number of thiazole rings is 1. The quantitative estimate of drug-likeness (QED) is 0.233. The summed E-state index contributed by atoms with van der Waals surface area (Å²) in [5.41, 5.74) is 2.82. The Hall–Kier alpha value is -3.67. The molecule has 4 aromatic rings. The highest BCUT2D eigenvalue weighted by Crippen LogP contribution is 2.54. The number of amides is 3. The fraction of sp³-hybridized carbons (Fsp3) is 0.172. The summed E-state index contributed by atoms with van der Waals surface area (Å²) in [6.45, 7) is 1.68. The van der Waals surface area contributed by atoms with E-state index < -0.39 is 23.0 Å². The number of thioether (sulfide) groups is 1. The molecule has 0 radical (unpaired) electrons. The van der Waals surface area contributed by atoms with Crippen molar-refractivity contribution in [3.8, 4) is 5.75 Å². The summed E-state index contributed by atoms with van der Waals surface area (Å²) in [4.78, 5) is 55.4. The molecular weight excluding hydrogens is 614 g/mol.